The second-order valence-electron chi connectivity index (χ2n) is 2.99. The quantitative estimate of drug-likeness (QED) is 0.442. The van der Waals surface area contributed by atoms with Crippen LogP contribution in [0.1, 0.15) is 0 Å². The van der Waals surface area contributed by atoms with Gasteiger partial charge in [-0.1, -0.05) is 11.5 Å². The van der Waals surface area contributed by atoms with E-state index in [0.717, 1.165) is 0 Å². The van der Waals surface area contributed by atoms with Gasteiger partial charge in [-0.25, -0.2) is 0 Å². The predicted octanol–water partition coefficient (Wildman–Crippen LogP) is 4.84. The number of allylic oxidation sites excluding steroid dienone is 2. The smallest absolute Gasteiger partial charge is 0.165 e. The Morgan fingerprint density at radius 1 is 0.400 bits per heavy atom. The highest BCUT2D eigenvalue weighted by atomic mass is 19.4. The van der Waals surface area contributed by atoms with Crippen molar-refractivity contribution in [2.24, 2.45) is 0 Å². The van der Waals surface area contributed by atoms with E-state index in [9.17, 15) is 52.7 Å². The number of alkyl halides is 12. The van der Waals surface area contributed by atoms with Gasteiger partial charge in [0.25, 0.3) is 0 Å². The Labute approximate surface area is 101 Å². The number of rotatable bonds is 0. The Kier molecular flexibility index (Phi) is 4.71. The molecule has 0 aromatic heterocycles. The van der Waals surface area contributed by atoms with Gasteiger partial charge in [0.05, 0.1) is 0 Å². The first-order valence-electron chi connectivity index (χ1n) is 4.02. The van der Waals surface area contributed by atoms with Crippen molar-refractivity contribution in [2.45, 2.75) is 24.7 Å². The summed E-state index contributed by atoms with van der Waals surface area (Å²) in [5.74, 6) is 0. The van der Waals surface area contributed by atoms with Crippen LogP contribution in [0.3, 0.4) is 0 Å². The minimum absolute atomic E-state index is 0.148. The third kappa shape index (κ3) is 5.22. The second-order valence-corrected chi connectivity index (χ2v) is 2.99. The molecule has 0 unspecified atom stereocenters. The van der Waals surface area contributed by atoms with Gasteiger partial charge in [-0.15, -0.1) is 0 Å². The molecule has 0 rings (SSSR count). The van der Waals surface area contributed by atoms with Gasteiger partial charge in [0.2, 0.25) is 0 Å². The third-order valence-corrected chi connectivity index (χ3v) is 1.45. The molecule has 20 heavy (non-hydrogen) atoms. The zero-order chi connectivity index (χ0) is 16.6. The van der Waals surface area contributed by atoms with Crippen molar-refractivity contribution in [3.05, 3.63) is 22.6 Å². The summed E-state index contributed by atoms with van der Waals surface area (Å²) in [6, 6.07) is 0. The lowest BCUT2D eigenvalue weighted by molar-refractivity contribution is -0.174. The standard InChI is InChI=1S/C8F12/c9-5(10,11)3(6(12,13)14)1-2-4(7(15,16)17)8(18,19)20. The van der Waals surface area contributed by atoms with Gasteiger partial charge in [0, 0.05) is 0 Å². The predicted molar refractivity (Wildman–Crippen MR) is 38.3 cm³/mol. The largest absolute Gasteiger partial charge is 0.429 e. The van der Waals surface area contributed by atoms with E-state index in [1.807, 2.05) is 0 Å². The summed E-state index contributed by atoms with van der Waals surface area (Å²) in [4.78, 5) is 0. The van der Waals surface area contributed by atoms with E-state index in [1.165, 1.54) is 0 Å². The molecular weight excluding hydrogens is 324 g/mol. The summed E-state index contributed by atoms with van der Waals surface area (Å²) >= 11 is 0. The molecule has 0 aliphatic heterocycles. The molecule has 0 nitrogen and oxygen atoms in total. The van der Waals surface area contributed by atoms with E-state index in [-0.39, 0.29) is 11.5 Å². The molecule has 0 aromatic rings. The SMILES string of the molecule is FC(F)(F)C(=C=C=C(C(F)(F)F)C(F)(F)F)C(F)(F)F. The maximum Gasteiger partial charge on any atom is 0.429 e. The van der Waals surface area contributed by atoms with Crippen molar-refractivity contribution >= 4 is 0 Å². The molecule has 0 atom stereocenters. The molecule has 116 valence electrons. The van der Waals surface area contributed by atoms with Gasteiger partial charge in [-0.3, -0.25) is 0 Å². The maximum absolute atomic E-state index is 11.8. The van der Waals surface area contributed by atoms with Crippen molar-refractivity contribution in [2.75, 3.05) is 0 Å². The second kappa shape index (κ2) is 5.10. The fraction of sp³-hybridized carbons (Fsp3) is 0.500. The van der Waals surface area contributed by atoms with Gasteiger partial charge in [-0.2, -0.15) is 52.7 Å². The summed E-state index contributed by atoms with van der Waals surface area (Å²) in [6.07, 6.45) is -25.0. The Balaban J connectivity index is 6.51. The zero-order valence-electron chi connectivity index (χ0n) is 8.54. The maximum atomic E-state index is 11.8. The molecule has 0 heterocycles. The Morgan fingerprint density at radius 3 is 0.650 bits per heavy atom. The van der Waals surface area contributed by atoms with E-state index in [0.29, 0.717) is 0 Å². The first-order chi connectivity index (χ1) is 8.47. The summed E-state index contributed by atoms with van der Waals surface area (Å²) in [7, 11) is 0. The lowest BCUT2D eigenvalue weighted by Crippen LogP contribution is -2.26. The highest BCUT2D eigenvalue weighted by Gasteiger charge is 2.53. The Hall–Kier alpha value is -1.54. The number of hydrogen-bond donors (Lipinski definition) is 0. The molecule has 0 saturated carbocycles. The van der Waals surface area contributed by atoms with Crippen LogP contribution in [0.25, 0.3) is 0 Å². The molecule has 12 heteroatoms. The van der Waals surface area contributed by atoms with Gasteiger partial charge >= 0.3 is 24.7 Å². The molecule has 0 aliphatic rings. The van der Waals surface area contributed by atoms with Crippen LogP contribution in [0, 0.1) is 0 Å². The number of hydrogen-bond acceptors (Lipinski definition) is 0. The minimum atomic E-state index is -6.24. The first-order valence-corrected chi connectivity index (χ1v) is 4.02. The van der Waals surface area contributed by atoms with Crippen LogP contribution in [0.2, 0.25) is 0 Å². The average Bonchev–Trinajstić information content (AvgIpc) is 2.02. The van der Waals surface area contributed by atoms with Crippen molar-refractivity contribution in [3.8, 4) is 0 Å². The van der Waals surface area contributed by atoms with Crippen LogP contribution >= 0.6 is 0 Å². The average molecular weight is 324 g/mol. The molecule has 0 saturated heterocycles. The van der Waals surface area contributed by atoms with Crippen LogP contribution in [-0.2, 0) is 0 Å². The van der Waals surface area contributed by atoms with Crippen molar-refractivity contribution in [1.29, 1.82) is 0 Å². The van der Waals surface area contributed by atoms with Crippen LogP contribution in [0.5, 0.6) is 0 Å². The van der Waals surface area contributed by atoms with E-state index in [2.05, 4.69) is 0 Å². The van der Waals surface area contributed by atoms with Gasteiger partial charge in [0.15, 0.2) is 11.1 Å². The summed E-state index contributed by atoms with van der Waals surface area (Å²) in [5, 5.41) is 0. The highest BCUT2D eigenvalue weighted by molar-refractivity contribution is 5.20. The summed E-state index contributed by atoms with van der Waals surface area (Å²) in [5.41, 5.74) is -7.64. The molecule has 0 radical (unpaired) electrons. The van der Waals surface area contributed by atoms with Crippen molar-refractivity contribution in [3.63, 3.8) is 0 Å². The van der Waals surface area contributed by atoms with Gasteiger partial charge < -0.3 is 0 Å². The van der Waals surface area contributed by atoms with Crippen LogP contribution in [-0.4, -0.2) is 24.7 Å². The van der Waals surface area contributed by atoms with Crippen LogP contribution in [0.4, 0.5) is 52.7 Å². The fourth-order valence-corrected chi connectivity index (χ4v) is 0.730. The number of halogens is 12. The normalized spacial score (nSPS) is 13.6. The fourth-order valence-electron chi connectivity index (χ4n) is 0.730. The van der Waals surface area contributed by atoms with Gasteiger partial charge in [0.1, 0.15) is 0 Å². The molecule has 0 N–H and O–H groups in total. The van der Waals surface area contributed by atoms with Crippen molar-refractivity contribution < 1.29 is 52.7 Å². The molecule has 0 fully saturated rings. The zero-order valence-corrected chi connectivity index (χ0v) is 8.54. The van der Waals surface area contributed by atoms with E-state index >= 15 is 0 Å². The topological polar surface area (TPSA) is 0 Å². The molecule has 0 amide bonds. The first kappa shape index (κ1) is 18.5. The molecule has 0 bridgehead atoms. The van der Waals surface area contributed by atoms with Crippen molar-refractivity contribution in [1.82, 2.24) is 0 Å². The molecule has 0 aliphatic carbocycles. The minimum Gasteiger partial charge on any atom is -0.165 e. The lowest BCUT2D eigenvalue weighted by Gasteiger charge is -2.13. The van der Waals surface area contributed by atoms with E-state index in [4.69, 9.17) is 0 Å². The lowest BCUT2D eigenvalue weighted by atomic mass is 10.2. The molecule has 0 spiro atoms. The van der Waals surface area contributed by atoms with Gasteiger partial charge in [-0.05, 0) is 0 Å². The van der Waals surface area contributed by atoms with E-state index in [1.54, 1.807) is 0 Å². The Bertz CT molecular complexity index is 376. The van der Waals surface area contributed by atoms with Crippen LogP contribution < -0.4 is 0 Å². The Morgan fingerprint density at radius 2 is 0.550 bits per heavy atom. The van der Waals surface area contributed by atoms with Crippen LogP contribution in [0.15, 0.2) is 22.6 Å². The third-order valence-electron chi connectivity index (χ3n) is 1.45. The highest BCUT2D eigenvalue weighted by Crippen LogP contribution is 2.39. The monoisotopic (exact) mass is 324 g/mol. The molecular formula is C8F12. The molecule has 0 aromatic carbocycles. The summed E-state index contributed by atoms with van der Waals surface area (Å²) < 4.78 is 142. The van der Waals surface area contributed by atoms with E-state index < -0.39 is 35.9 Å². The summed E-state index contributed by atoms with van der Waals surface area (Å²) in [6.45, 7) is 0.